The lowest BCUT2D eigenvalue weighted by Gasteiger charge is -2.47. The summed E-state index contributed by atoms with van der Waals surface area (Å²) in [4.78, 5) is 0. The third-order valence-electron chi connectivity index (χ3n) is 5.73. The van der Waals surface area contributed by atoms with E-state index in [2.05, 4.69) is 44.3 Å². The summed E-state index contributed by atoms with van der Waals surface area (Å²) in [6.45, 7) is 6.75. The Kier molecular flexibility index (Phi) is 2.33. The lowest BCUT2D eigenvalue weighted by atomic mass is 9.61. The van der Waals surface area contributed by atoms with Crippen LogP contribution in [0.2, 0.25) is 0 Å². The van der Waals surface area contributed by atoms with Gasteiger partial charge in [0.05, 0.1) is 0 Å². The van der Waals surface area contributed by atoms with Gasteiger partial charge in [0.25, 0.3) is 0 Å². The molecule has 102 valence electrons. The number of nitrogens with one attached hydrogen (secondary N) is 1. The van der Waals surface area contributed by atoms with Gasteiger partial charge in [-0.2, -0.15) is 0 Å². The van der Waals surface area contributed by atoms with Gasteiger partial charge >= 0.3 is 0 Å². The highest BCUT2D eigenvalue weighted by atomic mass is 16.5. The maximum absolute atomic E-state index is 6.37. The molecule has 0 aromatic heterocycles. The minimum absolute atomic E-state index is 0.275. The van der Waals surface area contributed by atoms with Crippen LogP contribution in [0.4, 0.5) is 0 Å². The molecular formula is C17H23NO. The van der Waals surface area contributed by atoms with Gasteiger partial charge in [0, 0.05) is 41.8 Å². The van der Waals surface area contributed by atoms with E-state index >= 15 is 0 Å². The minimum Gasteiger partial charge on any atom is -0.493 e. The molecule has 1 saturated heterocycles. The van der Waals surface area contributed by atoms with Crippen LogP contribution in [0.1, 0.15) is 40.0 Å². The number of hydrogen-bond donors (Lipinski definition) is 1. The summed E-state index contributed by atoms with van der Waals surface area (Å²) in [7, 11) is 0. The van der Waals surface area contributed by atoms with Crippen molar-refractivity contribution in [2.45, 2.75) is 58.2 Å². The number of fused-ring (bicyclic) bond motifs is 1. The zero-order chi connectivity index (χ0) is 13.2. The first-order valence-corrected chi connectivity index (χ1v) is 7.72. The quantitative estimate of drug-likeness (QED) is 0.728. The van der Waals surface area contributed by atoms with E-state index < -0.39 is 0 Å². The van der Waals surface area contributed by atoms with Crippen LogP contribution in [0.3, 0.4) is 0 Å². The molecule has 4 aliphatic rings. The Labute approximate surface area is 115 Å². The van der Waals surface area contributed by atoms with Crippen molar-refractivity contribution in [3.63, 3.8) is 0 Å². The van der Waals surface area contributed by atoms with Crippen molar-refractivity contribution >= 4 is 0 Å². The second-order valence-corrected chi connectivity index (χ2v) is 6.44. The molecule has 1 spiro atoms. The van der Waals surface area contributed by atoms with Gasteiger partial charge in [0.1, 0.15) is 11.9 Å². The highest BCUT2D eigenvalue weighted by molar-refractivity contribution is 5.54. The molecule has 1 N–H and O–H groups in total. The molecule has 2 heteroatoms. The molecule has 2 fully saturated rings. The van der Waals surface area contributed by atoms with Crippen molar-refractivity contribution < 1.29 is 4.74 Å². The third kappa shape index (κ3) is 1.22. The van der Waals surface area contributed by atoms with Crippen molar-refractivity contribution in [1.82, 2.24) is 5.32 Å². The second kappa shape index (κ2) is 3.76. The van der Waals surface area contributed by atoms with E-state index in [4.69, 9.17) is 4.74 Å². The molecule has 2 heterocycles. The summed E-state index contributed by atoms with van der Waals surface area (Å²) in [5.41, 5.74) is 3.36. The van der Waals surface area contributed by atoms with E-state index in [1.165, 1.54) is 17.8 Å². The standard InChI is InChI=1S/C17H23NO/c1-4-11-13-9-17-12(10(3)18-13)7-6-8-15(17)19-14(5-2)16(11)17/h4,6-7,10,12-13,15,18H,5,8-9H2,1-3H3. The average molecular weight is 257 g/mol. The topological polar surface area (TPSA) is 21.3 Å². The van der Waals surface area contributed by atoms with Crippen LogP contribution in [0.25, 0.3) is 0 Å². The zero-order valence-corrected chi connectivity index (χ0v) is 12.1. The largest absolute Gasteiger partial charge is 0.493 e. The summed E-state index contributed by atoms with van der Waals surface area (Å²) in [6.07, 6.45) is 10.8. The zero-order valence-electron chi connectivity index (χ0n) is 12.1. The van der Waals surface area contributed by atoms with Gasteiger partial charge in [0.15, 0.2) is 0 Å². The Balaban J connectivity index is 1.97. The third-order valence-corrected chi connectivity index (χ3v) is 5.73. The highest BCUT2D eigenvalue weighted by Crippen LogP contribution is 2.64. The van der Waals surface area contributed by atoms with Crippen LogP contribution >= 0.6 is 0 Å². The van der Waals surface area contributed by atoms with Crippen LogP contribution in [0.5, 0.6) is 0 Å². The van der Waals surface area contributed by atoms with Gasteiger partial charge < -0.3 is 10.1 Å². The fourth-order valence-corrected chi connectivity index (χ4v) is 5.13. The first-order chi connectivity index (χ1) is 9.22. The Bertz CT molecular complexity index is 515. The van der Waals surface area contributed by atoms with Gasteiger partial charge in [-0.25, -0.2) is 0 Å². The molecule has 0 amide bonds. The molecule has 2 nitrogen and oxygen atoms in total. The SMILES string of the molecule is CC=C1C2=C(CC)OC3CC=CC4C(C)NC1CC234. The summed E-state index contributed by atoms with van der Waals surface area (Å²) < 4.78 is 6.37. The van der Waals surface area contributed by atoms with Gasteiger partial charge in [-0.1, -0.05) is 25.2 Å². The molecule has 0 aromatic carbocycles. The Morgan fingerprint density at radius 3 is 3.11 bits per heavy atom. The number of hydrogen-bond acceptors (Lipinski definition) is 2. The molecule has 1 saturated carbocycles. The number of piperidine rings is 1. The fourth-order valence-electron chi connectivity index (χ4n) is 5.13. The summed E-state index contributed by atoms with van der Waals surface area (Å²) in [5.74, 6) is 1.87. The van der Waals surface area contributed by atoms with Crippen molar-refractivity contribution in [1.29, 1.82) is 0 Å². The summed E-state index contributed by atoms with van der Waals surface area (Å²) >= 11 is 0. The lowest BCUT2D eigenvalue weighted by molar-refractivity contribution is 0.000636. The number of ether oxygens (including phenoxy) is 1. The van der Waals surface area contributed by atoms with E-state index in [0.717, 1.165) is 12.8 Å². The Morgan fingerprint density at radius 1 is 1.53 bits per heavy atom. The van der Waals surface area contributed by atoms with E-state index in [0.29, 0.717) is 24.1 Å². The van der Waals surface area contributed by atoms with Crippen molar-refractivity contribution in [3.05, 3.63) is 35.1 Å². The molecule has 4 rings (SSSR count). The highest BCUT2D eigenvalue weighted by Gasteiger charge is 2.64. The molecule has 19 heavy (non-hydrogen) atoms. The monoisotopic (exact) mass is 257 g/mol. The average Bonchev–Trinajstić information content (AvgIpc) is 2.84. The maximum atomic E-state index is 6.37. The van der Waals surface area contributed by atoms with Gasteiger partial charge in [0.2, 0.25) is 0 Å². The fraction of sp³-hybridized carbons (Fsp3) is 0.647. The number of allylic oxidation sites excluding steroid dienone is 2. The molecule has 0 radical (unpaired) electrons. The molecule has 2 aliphatic heterocycles. The van der Waals surface area contributed by atoms with Crippen molar-refractivity contribution in [2.75, 3.05) is 0 Å². The lowest BCUT2D eigenvalue weighted by Crippen LogP contribution is -2.55. The van der Waals surface area contributed by atoms with E-state index in [1.54, 1.807) is 5.57 Å². The van der Waals surface area contributed by atoms with E-state index in [9.17, 15) is 0 Å². The summed E-state index contributed by atoms with van der Waals surface area (Å²) in [6, 6.07) is 1.09. The van der Waals surface area contributed by atoms with Crippen LogP contribution in [0.15, 0.2) is 35.1 Å². The number of rotatable bonds is 1. The maximum Gasteiger partial charge on any atom is 0.112 e. The smallest absolute Gasteiger partial charge is 0.112 e. The molecule has 5 atom stereocenters. The molecular weight excluding hydrogens is 234 g/mol. The molecule has 2 aliphatic carbocycles. The first kappa shape index (κ1) is 11.8. The van der Waals surface area contributed by atoms with Gasteiger partial charge in [-0.05, 0) is 25.8 Å². The van der Waals surface area contributed by atoms with Gasteiger partial charge in [-0.3, -0.25) is 0 Å². The van der Waals surface area contributed by atoms with Crippen molar-refractivity contribution in [3.8, 4) is 0 Å². The normalized spacial score (nSPS) is 48.7. The predicted molar refractivity (Wildman–Crippen MR) is 76.6 cm³/mol. The molecule has 0 aromatic rings. The van der Waals surface area contributed by atoms with Crippen molar-refractivity contribution in [2.24, 2.45) is 11.3 Å². The van der Waals surface area contributed by atoms with Crippen LogP contribution < -0.4 is 5.32 Å². The van der Waals surface area contributed by atoms with E-state index in [1.807, 2.05) is 0 Å². The van der Waals surface area contributed by atoms with Crippen LogP contribution in [-0.2, 0) is 4.74 Å². The van der Waals surface area contributed by atoms with E-state index in [-0.39, 0.29) is 5.41 Å². The first-order valence-electron chi connectivity index (χ1n) is 7.72. The predicted octanol–water partition coefficient (Wildman–Crippen LogP) is 3.32. The molecule has 5 unspecified atom stereocenters. The van der Waals surface area contributed by atoms with Crippen LogP contribution in [-0.4, -0.2) is 18.2 Å². The molecule has 2 bridgehead atoms. The Morgan fingerprint density at radius 2 is 2.37 bits per heavy atom. The summed E-state index contributed by atoms with van der Waals surface area (Å²) in [5, 5.41) is 3.82. The Hall–Kier alpha value is -1.02. The van der Waals surface area contributed by atoms with Crippen LogP contribution in [0, 0.1) is 11.3 Å². The second-order valence-electron chi connectivity index (χ2n) is 6.44. The minimum atomic E-state index is 0.275. The van der Waals surface area contributed by atoms with Gasteiger partial charge in [-0.15, -0.1) is 0 Å².